The fourth-order valence-corrected chi connectivity index (χ4v) is 6.63. The molecule has 1 saturated carbocycles. The summed E-state index contributed by atoms with van der Waals surface area (Å²) in [6.45, 7) is -0.168. The van der Waals surface area contributed by atoms with Crippen molar-refractivity contribution in [3.8, 4) is 6.01 Å². The van der Waals surface area contributed by atoms with E-state index in [1.165, 1.54) is 23.1 Å². The minimum Gasteiger partial charge on any atom is -0.454 e. The van der Waals surface area contributed by atoms with E-state index in [4.69, 9.17) is 16.3 Å². The number of carbonyl (C=O) groups excluding carboxylic acids is 3. The van der Waals surface area contributed by atoms with Gasteiger partial charge in [0.1, 0.15) is 5.82 Å². The first-order chi connectivity index (χ1) is 24.8. The number of benzene rings is 3. The topological polar surface area (TPSA) is 142 Å². The van der Waals surface area contributed by atoms with E-state index in [2.05, 4.69) is 30.9 Å². The molecule has 3 amide bonds. The van der Waals surface area contributed by atoms with Gasteiger partial charge in [-0.1, -0.05) is 29.8 Å². The Morgan fingerprint density at radius 3 is 2.13 bits per heavy atom. The van der Waals surface area contributed by atoms with E-state index in [0.29, 0.717) is 42.5 Å². The van der Waals surface area contributed by atoms with Crippen molar-refractivity contribution in [1.82, 2.24) is 24.8 Å². The lowest BCUT2D eigenvalue weighted by Gasteiger charge is -2.22. The predicted octanol–water partition coefficient (Wildman–Crippen LogP) is 5.62. The number of fused-ring (bicyclic) bond motifs is 1. The summed E-state index contributed by atoms with van der Waals surface area (Å²) in [7, 11) is 0. The largest absolute Gasteiger partial charge is 0.454 e. The van der Waals surface area contributed by atoms with Crippen LogP contribution in [0.1, 0.15) is 28.8 Å². The average Bonchev–Trinajstić information content (AvgIpc) is 3.60. The van der Waals surface area contributed by atoms with E-state index in [9.17, 15) is 31.9 Å². The Kier molecular flexibility index (Phi) is 9.33. The zero-order valence-corrected chi connectivity index (χ0v) is 28.0. The molecule has 3 aliphatic rings. The van der Waals surface area contributed by atoms with E-state index < -0.39 is 42.0 Å². The summed E-state index contributed by atoms with van der Waals surface area (Å²) in [5, 5.41) is 9.16. The Labute approximate surface area is 299 Å². The maximum absolute atomic E-state index is 13.5. The van der Waals surface area contributed by atoms with Crippen molar-refractivity contribution in [2.45, 2.75) is 24.6 Å². The van der Waals surface area contributed by atoms with Crippen LogP contribution in [0.25, 0.3) is 0 Å². The first kappa shape index (κ1) is 34.9. The second kappa shape index (κ2) is 13.9. The molecule has 2 saturated heterocycles. The van der Waals surface area contributed by atoms with Crippen LogP contribution in [0, 0.1) is 17.7 Å². The summed E-state index contributed by atoms with van der Waals surface area (Å²) in [5.41, 5.74) is 1.44. The van der Waals surface area contributed by atoms with E-state index in [1.54, 1.807) is 41.3 Å². The molecule has 4 aromatic rings. The van der Waals surface area contributed by atoms with Crippen LogP contribution in [0.2, 0.25) is 5.02 Å². The first-order valence-corrected chi connectivity index (χ1v) is 16.7. The third-order valence-electron chi connectivity index (χ3n) is 9.20. The fourth-order valence-electron chi connectivity index (χ4n) is 6.50. The van der Waals surface area contributed by atoms with E-state index in [1.807, 2.05) is 12.1 Å². The Balaban J connectivity index is 0.973. The second-order valence-electron chi connectivity index (χ2n) is 13.0. The van der Waals surface area contributed by atoms with Crippen LogP contribution in [0.5, 0.6) is 6.01 Å². The number of amides is 3. The van der Waals surface area contributed by atoms with Crippen molar-refractivity contribution in [1.29, 1.82) is 0 Å². The molecule has 3 aromatic carbocycles. The molecule has 12 nitrogen and oxygen atoms in total. The number of hydrogen-bond acceptors (Lipinski definition) is 9. The second-order valence-corrected chi connectivity index (χ2v) is 13.4. The maximum Gasteiger partial charge on any atom is 0.422 e. The molecule has 270 valence electrons. The van der Waals surface area contributed by atoms with Crippen molar-refractivity contribution in [3.05, 3.63) is 94.8 Å². The number of likely N-dealkylation sites (tertiary alicyclic amines) is 2. The molecule has 3 N–H and O–H groups in total. The standard InChI is InChI=1S/C35H31ClF4N8O4/c36-24-8-6-23(7-9-24)34(12-13-34)46-32-43-31(44-33(45-32)52-19-35(38,39)40)42-26-10-4-20(5-11-26)29(50)47-15-21-17-48(18-22(21)16-47)30(51)28(49)41-27-3-1-2-25(37)14-27/h1-11,14,21-22H,12-13,15-19H2,(H,41,49)(H2,42,43,44,45,46). The Morgan fingerprint density at radius 1 is 0.846 bits per heavy atom. The van der Waals surface area contributed by atoms with Crippen molar-refractivity contribution in [2.24, 2.45) is 11.8 Å². The fraction of sp³-hybridized carbons (Fsp3) is 0.314. The number of nitrogens with one attached hydrogen (secondary N) is 3. The summed E-state index contributed by atoms with van der Waals surface area (Å²) >= 11 is 6.04. The van der Waals surface area contributed by atoms with Gasteiger partial charge >= 0.3 is 24.0 Å². The zero-order valence-electron chi connectivity index (χ0n) is 27.3. The van der Waals surface area contributed by atoms with Gasteiger partial charge < -0.3 is 30.5 Å². The minimum atomic E-state index is -4.61. The molecule has 0 bridgehead atoms. The van der Waals surface area contributed by atoms with Crippen LogP contribution in [0.4, 0.5) is 40.8 Å². The summed E-state index contributed by atoms with van der Waals surface area (Å²) in [6.07, 6.45) is -3.13. The van der Waals surface area contributed by atoms with E-state index in [-0.39, 0.29) is 35.3 Å². The van der Waals surface area contributed by atoms with E-state index >= 15 is 0 Å². The first-order valence-electron chi connectivity index (χ1n) is 16.3. The van der Waals surface area contributed by atoms with Gasteiger partial charge in [-0.3, -0.25) is 14.4 Å². The quantitative estimate of drug-likeness (QED) is 0.147. The smallest absolute Gasteiger partial charge is 0.422 e. The van der Waals surface area contributed by atoms with Crippen molar-refractivity contribution >= 4 is 52.6 Å². The van der Waals surface area contributed by atoms with Gasteiger partial charge in [0.05, 0.1) is 5.54 Å². The lowest BCUT2D eigenvalue weighted by molar-refractivity contribution is -0.154. The molecule has 2 aliphatic heterocycles. The highest BCUT2D eigenvalue weighted by Crippen LogP contribution is 2.48. The maximum atomic E-state index is 13.5. The number of aromatic nitrogens is 3. The molecule has 3 fully saturated rings. The van der Waals surface area contributed by atoms with Gasteiger partial charge in [0.25, 0.3) is 5.91 Å². The zero-order chi connectivity index (χ0) is 36.6. The minimum absolute atomic E-state index is 0.00863. The van der Waals surface area contributed by atoms with Crippen LogP contribution in [-0.2, 0) is 15.1 Å². The molecular formula is C35H31ClF4N8O4. The van der Waals surface area contributed by atoms with Gasteiger partial charge in [-0.2, -0.15) is 28.1 Å². The number of carbonyl (C=O) groups is 3. The molecule has 0 radical (unpaired) electrons. The van der Waals surface area contributed by atoms with Crippen LogP contribution >= 0.6 is 11.6 Å². The van der Waals surface area contributed by atoms with Gasteiger partial charge in [-0.05, 0) is 73.0 Å². The number of rotatable bonds is 9. The predicted molar refractivity (Wildman–Crippen MR) is 182 cm³/mol. The number of halogens is 5. The number of ether oxygens (including phenoxy) is 1. The van der Waals surface area contributed by atoms with E-state index in [0.717, 1.165) is 24.5 Å². The summed E-state index contributed by atoms with van der Waals surface area (Å²) in [6, 6.07) is 18.4. The molecule has 1 aromatic heterocycles. The third kappa shape index (κ3) is 8.01. The summed E-state index contributed by atoms with van der Waals surface area (Å²) in [5.74, 6) is -2.39. The van der Waals surface area contributed by atoms with Gasteiger partial charge in [0, 0.05) is 60.0 Å². The Morgan fingerprint density at radius 2 is 1.50 bits per heavy atom. The molecule has 7 rings (SSSR count). The van der Waals surface area contributed by atoms with Crippen LogP contribution in [0.3, 0.4) is 0 Å². The normalized spacial score (nSPS) is 18.8. The summed E-state index contributed by atoms with van der Waals surface area (Å²) in [4.78, 5) is 54.3. The molecule has 2 unspecified atom stereocenters. The highest BCUT2D eigenvalue weighted by molar-refractivity contribution is 6.39. The summed E-state index contributed by atoms with van der Waals surface area (Å²) < 4.78 is 57.2. The number of anilines is 4. The SMILES string of the molecule is O=C(Nc1cccc(F)c1)C(=O)N1CC2CN(C(=O)c3ccc(Nc4nc(NC5(c6ccc(Cl)cc6)CC5)nc(OCC(F)(F)F)n4)cc3)CC2C1. The Hall–Kier alpha value is -5.51. The van der Waals surface area contributed by atoms with Crippen LogP contribution in [0.15, 0.2) is 72.8 Å². The number of hydrogen-bond donors (Lipinski definition) is 3. The number of alkyl halides is 3. The average molecular weight is 739 g/mol. The molecule has 0 spiro atoms. The number of nitrogens with zero attached hydrogens (tertiary/aromatic N) is 5. The molecule has 17 heteroatoms. The monoisotopic (exact) mass is 738 g/mol. The molecule has 3 heterocycles. The van der Waals surface area contributed by atoms with Crippen molar-refractivity contribution < 1.29 is 36.7 Å². The third-order valence-corrected chi connectivity index (χ3v) is 9.46. The highest BCUT2D eigenvalue weighted by Gasteiger charge is 2.46. The van der Waals surface area contributed by atoms with Crippen LogP contribution in [-0.4, -0.2) is 81.4 Å². The Bertz CT molecular complexity index is 1980. The lowest BCUT2D eigenvalue weighted by Crippen LogP contribution is -2.40. The van der Waals surface area contributed by atoms with Gasteiger partial charge in [0.2, 0.25) is 11.9 Å². The lowest BCUT2D eigenvalue weighted by atomic mass is 10.0. The molecule has 52 heavy (non-hydrogen) atoms. The van der Waals surface area contributed by atoms with Crippen LogP contribution < -0.4 is 20.7 Å². The molecule has 2 atom stereocenters. The van der Waals surface area contributed by atoms with Gasteiger partial charge in [0.15, 0.2) is 6.61 Å². The highest BCUT2D eigenvalue weighted by atomic mass is 35.5. The van der Waals surface area contributed by atoms with Crippen molar-refractivity contribution in [3.63, 3.8) is 0 Å². The molecular weight excluding hydrogens is 708 g/mol. The molecule has 1 aliphatic carbocycles. The van der Waals surface area contributed by atoms with Gasteiger partial charge in [-0.15, -0.1) is 0 Å². The van der Waals surface area contributed by atoms with Gasteiger partial charge in [-0.25, -0.2) is 4.39 Å². The van der Waals surface area contributed by atoms with Crippen molar-refractivity contribution in [2.75, 3.05) is 48.7 Å².